The third-order valence-corrected chi connectivity index (χ3v) is 6.63. The minimum absolute atomic E-state index is 0.216. The van der Waals surface area contributed by atoms with Gasteiger partial charge in [-0.3, -0.25) is 9.59 Å². The summed E-state index contributed by atoms with van der Waals surface area (Å²) in [5.74, 6) is 0.401. The van der Waals surface area contributed by atoms with Crippen molar-refractivity contribution in [2.45, 2.75) is 19.6 Å². The largest absolute Gasteiger partial charge is 0.465 e. The van der Waals surface area contributed by atoms with E-state index in [1.165, 1.54) is 23.1 Å². The third kappa shape index (κ3) is 4.81. The van der Waals surface area contributed by atoms with Crippen LogP contribution >= 0.6 is 23.1 Å². The van der Waals surface area contributed by atoms with Crippen LogP contribution in [0.25, 0.3) is 10.2 Å². The van der Waals surface area contributed by atoms with Crippen LogP contribution in [-0.4, -0.2) is 28.8 Å². The smallest absolute Gasteiger partial charge is 0.315 e. The van der Waals surface area contributed by atoms with Crippen molar-refractivity contribution >= 4 is 45.2 Å². The summed E-state index contributed by atoms with van der Waals surface area (Å²) >= 11 is 2.96. The Kier molecular flexibility index (Phi) is 7.08. The van der Waals surface area contributed by atoms with Crippen LogP contribution < -0.4 is 4.80 Å². The molecule has 0 aliphatic heterocycles. The number of nitrogens with zero attached hydrogens (tertiary/aromatic N) is 3. The maximum absolute atomic E-state index is 12.6. The molecule has 3 aromatic rings. The van der Waals surface area contributed by atoms with E-state index in [0.717, 1.165) is 21.3 Å². The topological polar surface area (TPSA) is 84.4 Å². The molecular weight excluding hydrogens is 418 g/mol. The molecule has 1 amide bonds. The maximum Gasteiger partial charge on any atom is 0.315 e. The molecule has 6 nitrogen and oxygen atoms in total. The van der Waals surface area contributed by atoms with Gasteiger partial charge in [0.1, 0.15) is 0 Å². The van der Waals surface area contributed by atoms with E-state index in [1.54, 1.807) is 31.2 Å². The Hall–Kier alpha value is -2.89. The van der Waals surface area contributed by atoms with Crippen molar-refractivity contribution in [3.05, 3.63) is 63.5 Å². The summed E-state index contributed by atoms with van der Waals surface area (Å²) < 4.78 is 7.96. The first kappa shape index (κ1) is 21.8. The van der Waals surface area contributed by atoms with Crippen molar-refractivity contribution in [1.29, 1.82) is 5.26 Å². The van der Waals surface area contributed by atoms with Gasteiger partial charge in [0.25, 0.3) is 5.91 Å². The molecule has 0 atom stereocenters. The molecule has 0 aliphatic carbocycles. The number of hydrogen-bond acceptors (Lipinski definition) is 6. The molecule has 154 valence electrons. The van der Waals surface area contributed by atoms with E-state index in [-0.39, 0.29) is 11.9 Å². The lowest BCUT2D eigenvalue weighted by molar-refractivity contribution is -0.139. The standard InChI is InChI=1S/C22H21N3O3S2/c1-4-28-18(26)13-29-12-17-8-5-14(2)19-20(17)30-22(25(19)3)24-21(27)16-9-6-15(11-23)7-10-16/h5-10H,4,12-13H2,1-3H3. The molecule has 0 spiro atoms. The Bertz CT molecular complexity index is 1200. The highest BCUT2D eigenvalue weighted by molar-refractivity contribution is 7.99. The molecule has 0 unspecified atom stereocenters. The van der Waals surface area contributed by atoms with Crippen LogP contribution in [0.3, 0.4) is 0 Å². The first-order chi connectivity index (χ1) is 14.4. The zero-order valence-electron chi connectivity index (χ0n) is 17.0. The van der Waals surface area contributed by atoms with E-state index < -0.39 is 0 Å². The number of rotatable bonds is 6. The van der Waals surface area contributed by atoms with Gasteiger partial charge in [0.2, 0.25) is 0 Å². The van der Waals surface area contributed by atoms with Crippen LogP contribution in [0.1, 0.15) is 34.0 Å². The minimum Gasteiger partial charge on any atom is -0.465 e. The number of thioether (sulfide) groups is 1. The highest BCUT2D eigenvalue weighted by Gasteiger charge is 2.13. The zero-order chi connectivity index (χ0) is 21.7. The SMILES string of the molecule is CCOC(=O)CSCc1ccc(C)c2c1sc(=NC(=O)c1ccc(C#N)cc1)n2C. The molecule has 1 aromatic heterocycles. The fourth-order valence-electron chi connectivity index (χ4n) is 2.99. The number of hydrogen-bond donors (Lipinski definition) is 0. The number of aromatic nitrogens is 1. The van der Waals surface area contributed by atoms with Crippen LogP contribution in [0, 0.1) is 18.3 Å². The van der Waals surface area contributed by atoms with Gasteiger partial charge < -0.3 is 9.30 Å². The molecule has 0 saturated heterocycles. The zero-order valence-corrected chi connectivity index (χ0v) is 18.6. The van der Waals surface area contributed by atoms with Crippen LogP contribution in [-0.2, 0) is 22.3 Å². The lowest BCUT2D eigenvalue weighted by atomic mass is 10.1. The Morgan fingerprint density at radius 2 is 1.97 bits per heavy atom. The molecule has 0 bridgehead atoms. The number of amides is 1. The lowest BCUT2D eigenvalue weighted by Crippen LogP contribution is -2.13. The number of esters is 1. The number of fused-ring (bicyclic) bond motifs is 1. The molecule has 3 rings (SSSR count). The Morgan fingerprint density at radius 1 is 1.23 bits per heavy atom. The van der Waals surface area contributed by atoms with Gasteiger partial charge in [0.05, 0.1) is 34.2 Å². The second kappa shape index (κ2) is 9.74. The van der Waals surface area contributed by atoms with Crippen LogP contribution in [0.2, 0.25) is 0 Å². The van der Waals surface area contributed by atoms with Crippen LogP contribution in [0.5, 0.6) is 0 Å². The summed E-state index contributed by atoms with van der Waals surface area (Å²) in [6.45, 7) is 4.20. The molecule has 0 fully saturated rings. The fraction of sp³-hybridized carbons (Fsp3) is 0.273. The van der Waals surface area contributed by atoms with Gasteiger partial charge in [0.15, 0.2) is 4.80 Å². The summed E-state index contributed by atoms with van der Waals surface area (Å²) in [6.07, 6.45) is 0. The fourth-order valence-corrected chi connectivity index (χ4v) is 5.10. The number of aryl methyl sites for hydroxylation is 2. The van der Waals surface area contributed by atoms with Crippen molar-refractivity contribution in [3.63, 3.8) is 0 Å². The van der Waals surface area contributed by atoms with Crippen LogP contribution in [0.4, 0.5) is 0 Å². The highest BCUT2D eigenvalue weighted by atomic mass is 32.2. The second-order valence-corrected chi connectivity index (χ2v) is 8.53. The average molecular weight is 440 g/mol. The molecular formula is C22H21N3O3S2. The van der Waals surface area contributed by atoms with Gasteiger partial charge in [0, 0.05) is 18.4 Å². The number of nitriles is 1. The minimum atomic E-state index is -0.350. The maximum atomic E-state index is 12.6. The molecule has 30 heavy (non-hydrogen) atoms. The Balaban J connectivity index is 1.92. The van der Waals surface area contributed by atoms with Gasteiger partial charge in [-0.25, -0.2) is 0 Å². The second-order valence-electron chi connectivity index (χ2n) is 6.57. The summed E-state index contributed by atoms with van der Waals surface area (Å²) in [5, 5.41) is 8.90. The predicted molar refractivity (Wildman–Crippen MR) is 119 cm³/mol. The number of carbonyl (C=O) groups excluding carboxylic acids is 2. The first-order valence-electron chi connectivity index (χ1n) is 9.35. The van der Waals surface area contributed by atoms with Crippen molar-refractivity contribution in [2.75, 3.05) is 12.4 Å². The molecule has 0 aliphatic rings. The Labute approximate surface area is 182 Å². The van der Waals surface area contributed by atoms with Gasteiger partial charge in [-0.2, -0.15) is 10.3 Å². The summed E-state index contributed by atoms with van der Waals surface area (Å²) in [4.78, 5) is 29.1. The van der Waals surface area contributed by atoms with Gasteiger partial charge in [-0.1, -0.05) is 23.5 Å². The van der Waals surface area contributed by atoms with E-state index >= 15 is 0 Å². The van der Waals surface area contributed by atoms with E-state index in [1.807, 2.05) is 30.7 Å². The normalized spacial score (nSPS) is 11.5. The molecule has 0 N–H and O–H groups in total. The van der Waals surface area contributed by atoms with Gasteiger partial charge in [-0.05, 0) is 49.2 Å². The number of thiazole rings is 1. The summed E-state index contributed by atoms with van der Waals surface area (Å²) in [5.41, 5.74) is 4.15. The average Bonchev–Trinajstić information content (AvgIpc) is 3.07. The van der Waals surface area contributed by atoms with Gasteiger partial charge in [-0.15, -0.1) is 11.8 Å². The van der Waals surface area contributed by atoms with E-state index in [9.17, 15) is 9.59 Å². The molecule has 0 saturated carbocycles. The quantitative estimate of drug-likeness (QED) is 0.543. The molecule has 2 aromatic carbocycles. The highest BCUT2D eigenvalue weighted by Crippen LogP contribution is 2.28. The lowest BCUT2D eigenvalue weighted by Gasteiger charge is -2.06. The molecule has 8 heteroatoms. The van der Waals surface area contributed by atoms with Crippen molar-refractivity contribution in [1.82, 2.24) is 4.57 Å². The number of benzene rings is 2. The predicted octanol–water partition coefficient (Wildman–Crippen LogP) is 3.96. The summed E-state index contributed by atoms with van der Waals surface area (Å²) in [7, 11) is 1.90. The van der Waals surface area contributed by atoms with Gasteiger partial charge >= 0.3 is 5.97 Å². The van der Waals surface area contributed by atoms with Crippen molar-refractivity contribution in [3.8, 4) is 6.07 Å². The van der Waals surface area contributed by atoms with E-state index in [4.69, 9.17) is 10.00 Å². The Morgan fingerprint density at radius 3 is 2.63 bits per heavy atom. The molecule has 0 radical (unpaired) electrons. The van der Waals surface area contributed by atoms with Crippen molar-refractivity contribution < 1.29 is 14.3 Å². The third-order valence-electron chi connectivity index (χ3n) is 4.47. The monoisotopic (exact) mass is 439 g/mol. The first-order valence-corrected chi connectivity index (χ1v) is 11.3. The van der Waals surface area contributed by atoms with E-state index in [2.05, 4.69) is 11.1 Å². The van der Waals surface area contributed by atoms with E-state index in [0.29, 0.717) is 34.0 Å². The number of ether oxygens (including phenoxy) is 1. The summed E-state index contributed by atoms with van der Waals surface area (Å²) in [6, 6.07) is 12.6. The number of carbonyl (C=O) groups is 2. The van der Waals surface area contributed by atoms with Crippen LogP contribution in [0.15, 0.2) is 41.4 Å². The van der Waals surface area contributed by atoms with Crippen molar-refractivity contribution in [2.24, 2.45) is 12.0 Å². The molecule has 1 heterocycles.